The van der Waals surface area contributed by atoms with Crippen molar-refractivity contribution in [1.82, 2.24) is 15.1 Å². The number of amides is 3. The molecular formula is C20H31ClN4O2. The third kappa shape index (κ3) is 5.59. The normalized spacial score (nSPS) is 22.0. The number of rotatable bonds is 5. The Morgan fingerprint density at radius 3 is 2.70 bits per heavy atom. The van der Waals surface area contributed by atoms with Crippen molar-refractivity contribution in [2.45, 2.75) is 38.6 Å². The fraction of sp³-hybridized carbons (Fsp3) is 0.600. The van der Waals surface area contributed by atoms with Crippen LogP contribution in [0.1, 0.15) is 32.6 Å². The Hall–Kier alpha value is -1.79. The second kappa shape index (κ2) is 10.5. The van der Waals surface area contributed by atoms with Gasteiger partial charge in [0.1, 0.15) is 0 Å². The van der Waals surface area contributed by atoms with Crippen molar-refractivity contribution >= 4 is 30.0 Å². The molecule has 3 rings (SSSR count). The van der Waals surface area contributed by atoms with Crippen LogP contribution in [0.4, 0.5) is 10.5 Å². The van der Waals surface area contributed by atoms with E-state index in [0.29, 0.717) is 19.1 Å². The second-order valence-corrected chi connectivity index (χ2v) is 7.26. The van der Waals surface area contributed by atoms with Gasteiger partial charge in [0.05, 0.1) is 5.92 Å². The number of carbonyl (C=O) groups excluding carboxylic acids is 2. The second-order valence-electron chi connectivity index (χ2n) is 7.26. The number of urea groups is 1. The summed E-state index contributed by atoms with van der Waals surface area (Å²) in [6, 6.07) is 9.66. The molecule has 0 radical (unpaired) electrons. The number of para-hydroxylation sites is 1. The van der Waals surface area contributed by atoms with Crippen LogP contribution in [0, 0.1) is 5.92 Å². The van der Waals surface area contributed by atoms with Crippen LogP contribution in [0.5, 0.6) is 0 Å². The summed E-state index contributed by atoms with van der Waals surface area (Å²) in [5, 5.41) is 6.29. The summed E-state index contributed by atoms with van der Waals surface area (Å²) < 4.78 is 0. The molecule has 2 aliphatic rings. The minimum atomic E-state index is -0.113. The maximum atomic E-state index is 13.1. The lowest BCUT2D eigenvalue weighted by Crippen LogP contribution is -2.51. The first-order valence-corrected chi connectivity index (χ1v) is 9.81. The number of piperidine rings is 1. The Kier molecular flexibility index (Phi) is 8.38. The summed E-state index contributed by atoms with van der Waals surface area (Å²) in [6.45, 7) is 6.01. The smallest absolute Gasteiger partial charge is 0.321 e. The van der Waals surface area contributed by atoms with Crippen LogP contribution in [0.2, 0.25) is 0 Å². The fourth-order valence-corrected chi connectivity index (χ4v) is 3.94. The number of benzene rings is 1. The van der Waals surface area contributed by atoms with Crippen molar-refractivity contribution in [2.24, 2.45) is 5.92 Å². The number of likely N-dealkylation sites (tertiary alicyclic amines) is 1. The lowest BCUT2D eigenvalue weighted by molar-refractivity contribution is -0.139. The maximum Gasteiger partial charge on any atom is 0.321 e. The van der Waals surface area contributed by atoms with E-state index in [2.05, 4.69) is 22.5 Å². The monoisotopic (exact) mass is 394 g/mol. The predicted molar refractivity (Wildman–Crippen MR) is 110 cm³/mol. The molecule has 7 heteroatoms. The van der Waals surface area contributed by atoms with Gasteiger partial charge in [0.25, 0.3) is 0 Å². The molecule has 27 heavy (non-hydrogen) atoms. The first-order chi connectivity index (χ1) is 12.7. The van der Waals surface area contributed by atoms with Crippen molar-refractivity contribution in [1.29, 1.82) is 0 Å². The Bertz CT molecular complexity index is 607. The zero-order chi connectivity index (χ0) is 18.4. The molecule has 3 amide bonds. The molecule has 1 aromatic rings. The lowest BCUT2D eigenvalue weighted by Gasteiger charge is -2.37. The first-order valence-electron chi connectivity index (χ1n) is 9.81. The van der Waals surface area contributed by atoms with Gasteiger partial charge in [-0.2, -0.15) is 0 Å². The SMILES string of the molecule is CCCN(C(=O)C1CCCN(C(=O)Nc2ccccc2)C1)C1CCNC1.Cl. The van der Waals surface area contributed by atoms with E-state index in [-0.39, 0.29) is 30.3 Å². The van der Waals surface area contributed by atoms with E-state index in [4.69, 9.17) is 0 Å². The summed E-state index contributed by atoms with van der Waals surface area (Å²) in [7, 11) is 0. The standard InChI is InChI=1S/C20H30N4O2.ClH/c1-2-12-24(18-10-11-21-14-18)19(25)16-7-6-13-23(15-16)20(26)22-17-8-4-3-5-9-17;/h3-5,8-9,16,18,21H,2,6-7,10-15H2,1H3,(H,22,26);1H. The molecule has 0 aromatic heterocycles. The van der Waals surface area contributed by atoms with Crippen molar-refractivity contribution in [3.8, 4) is 0 Å². The molecule has 0 spiro atoms. The quantitative estimate of drug-likeness (QED) is 0.806. The molecule has 0 bridgehead atoms. The fourth-order valence-electron chi connectivity index (χ4n) is 3.94. The number of hydrogen-bond acceptors (Lipinski definition) is 3. The lowest BCUT2D eigenvalue weighted by atomic mass is 9.95. The molecule has 2 unspecified atom stereocenters. The maximum absolute atomic E-state index is 13.1. The van der Waals surface area contributed by atoms with Gasteiger partial charge in [-0.3, -0.25) is 4.79 Å². The number of halogens is 1. The van der Waals surface area contributed by atoms with Crippen LogP contribution >= 0.6 is 12.4 Å². The predicted octanol–water partition coefficient (Wildman–Crippen LogP) is 2.95. The first kappa shape index (κ1) is 21.5. The average Bonchev–Trinajstić information content (AvgIpc) is 3.21. The van der Waals surface area contributed by atoms with E-state index in [0.717, 1.165) is 51.0 Å². The number of anilines is 1. The van der Waals surface area contributed by atoms with Crippen LogP contribution in [0.3, 0.4) is 0 Å². The van der Waals surface area contributed by atoms with Gasteiger partial charge >= 0.3 is 6.03 Å². The number of carbonyl (C=O) groups is 2. The summed E-state index contributed by atoms with van der Waals surface area (Å²) in [6.07, 6.45) is 3.74. The van der Waals surface area contributed by atoms with Crippen LogP contribution in [-0.2, 0) is 4.79 Å². The molecule has 2 atom stereocenters. The number of nitrogens with one attached hydrogen (secondary N) is 2. The number of nitrogens with zero attached hydrogens (tertiary/aromatic N) is 2. The molecule has 2 fully saturated rings. The molecule has 1 aromatic carbocycles. The van der Waals surface area contributed by atoms with Crippen molar-refractivity contribution < 1.29 is 9.59 Å². The topological polar surface area (TPSA) is 64.7 Å². The largest absolute Gasteiger partial charge is 0.338 e. The van der Waals surface area contributed by atoms with Gasteiger partial charge in [0.15, 0.2) is 0 Å². The molecule has 6 nitrogen and oxygen atoms in total. The van der Waals surface area contributed by atoms with Crippen molar-refractivity contribution in [3.05, 3.63) is 30.3 Å². The Morgan fingerprint density at radius 1 is 1.26 bits per heavy atom. The molecule has 0 aliphatic carbocycles. The number of hydrogen-bond donors (Lipinski definition) is 2. The summed E-state index contributed by atoms with van der Waals surface area (Å²) in [5.74, 6) is 0.134. The zero-order valence-electron chi connectivity index (χ0n) is 16.0. The average molecular weight is 395 g/mol. The van der Waals surface area contributed by atoms with E-state index < -0.39 is 0 Å². The van der Waals surface area contributed by atoms with E-state index >= 15 is 0 Å². The van der Waals surface area contributed by atoms with Gasteiger partial charge in [0.2, 0.25) is 5.91 Å². The Labute approximate surface area is 168 Å². The zero-order valence-corrected chi connectivity index (χ0v) is 16.8. The van der Waals surface area contributed by atoms with Crippen LogP contribution in [-0.4, -0.2) is 60.5 Å². The minimum absolute atomic E-state index is 0. The highest BCUT2D eigenvalue weighted by molar-refractivity contribution is 5.90. The van der Waals surface area contributed by atoms with Gasteiger partial charge in [-0.05, 0) is 44.4 Å². The Balaban J connectivity index is 0.00000261. The van der Waals surface area contributed by atoms with Crippen LogP contribution < -0.4 is 10.6 Å². The van der Waals surface area contributed by atoms with Crippen LogP contribution in [0.25, 0.3) is 0 Å². The summed E-state index contributed by atoms with van der Waals surface area (Å²) in [5.41, 5.74) is 0.788. The molecular weight excluding hydrogens is 364 g/mol. The van der Waals surface area contributed by atoms with E-state index in [1.54, 1.807) is 4.90 Å². The third-order valence-electron chi connectivity index (χ3n) is 5.31. The van der Waals surface area contributed by atoms with Crippen LogP contribution in [0.15, 0.2) is 30.3 Å². The van der Waals surface area contributed by atoms with Gasteiger partial charge in [-0.1, -0.05) is 25.1 Å². The van der Waals surface area contributed by atoms with Gasteiger partial charge < -0.3 is 20.4 Å². The summed E-state index contributed by atoms with van der Waals surface area (Å²) in [4.78, 5) is 29.6. The highest BCUT2D eigenvalue weighted by atomic mass is 35.5. The molecule has 2 aliphatic heterocycles. The van der Waals surface area contributed by atoms with Gasteiger partial charge in [-0.15, -0.1) is 12.4 Å². The van der Waals surface area contributed by atoms with Crippen molar-refractivity contribution in [3.63, 3.8) is 0 Å². The molecule has 2 N–H and O–H groups in total. The molecule has 0 saturated carbocycles. The van der Waals surface area contributed by atoms with E-state index in [1.165, 1.54) is 0 Å². The molecule has 2 heterocycles. The molecule has 150 valence electrons. The van der Waals surface area contributed by atoms with Gasteiger partial charge in [0, 0.05) is 37.9 Å². The third-order valence-corrected chi connectivity index (χ3v) is 5.31. The van der Waals surface area contributed by atoms with Crippen molar-refractivity contribution in [2.75, 3.05) is 38.0 Å². The molecule has 2 saturated heterocycles. The highest BCUT2D eigenvalue weighted by Gasteiger charge is 2.34. The van der Waals surface area contributed by atoms with E-state index in [9.17, 15) is 9.59 Å². The van der Waals surface area contributed by atoms with Gasteiger partial charge in [-0.25, -0.2) is 4.79 Å². The highest BCUT2D eigenvalue weighted by Crippen LogP contribution is 2.22. The van der Waals surface area contributed by atoms with E-state index in [1.807, 2.05) is 30.3 Å². The Morgan fingerprint density at radius 2 is 2.04 bits per heavy atom. The summed E-state index contributed by atoms with van der Waals surface area (Å²) >= 11 is 0. The minimum Gasteiger partial charge on any atom is -0.338 e.